The number of primary amides is 1. The highest BCUT2D eigenvalue weighted by atomic mass is 19.1. The molecule has 0 fully saturated rings. The Morgan fingerprint density at radius 2 is 2.18 bits per heavy atom. The quantitative estimate of drug-likeness (QED) is 0.701. The fourth-order valence-corrected chi connectivity index (χ4v) is 1.42. The van der Waals surface area contributed by atoms with Gasteiger partial charge in [-0.2, -0.15) is 5.10 Å². The molecule has 0 aliphatic carbocycles. The molecule has 0 bridgehead atoms. The van der Waals surface area contributed by atoms with Crippen LogP contribution < -0.4 is 11.5 Å². The molecular weight excluding hydrogens is 227 g/mol. The van der Waals surface area contributed by atoms with Crippen LogP contribution in [0.2, 0.25) is 0 Å². The Balaban J connectivity index is 2.57. The number of halogens is 1. The van der Waals surface area contributed by atoms with E-state index in [2.05, 4.69) is 5.10 Å². The van der Waals surface area contributed by atoms with E-state index in [1.54, 1.807) is 0 Å². The fourth-order valence-electron chi connectivity index (χ4n) is 1.42. The Hall–Kier alpha value is -2.57. The van der Waals surface area contributed by atoms with Crippen LogP contribution in [0.3, 0.4) is 0 Å². The van der Waals surface area contributed by atoms with Crippen LogP contribution in [0.15, 0.2) is 24.4 Å². The van der Waals surface area contributed by atoms with Crippen molar-refractivity contribution in [2.75, 3.05) is 5.73 Å². The Labute approximate surface area is 95.3 Å². The zero-order valence-electron chi connectivity index (χ0n) is 8.59. The Morgan fingerprint density at radius 1 is 1.47 bits per heavy atom. The van der Waals surface area contributed by atoms with Crippen LogP contribution in [0.1, 0.15) is 10.4 Å². The van der Waals surface area contributed by atoms with Gasteiger partial charge in [-0.25, -0.2) is 9.07 Å². The number of anilines is 1. The lowest BCUT2D eigenvalue weighted by Gasteiger charge is -2.06. The first-order chi connectivity index (χ1) is 8.00. The van der Waals surface area contributed by atoms with Gasteiger partial charge in [-0.1, -0.05) is 0 Å². The molecular formula is C10H9FN4O2. The lowest BCUT2D eigenvalue weighted by molar-refractivity contribution is 0.100. The molecule has 2 rings (SSSR count). The Kier molecular flexibility index (Phi) is 2.43. The number of aromatic hydroxyl groups is 1. The number of nitrogen functional groups attached to an aromatic ring is 1. The van der Waals surface area contributed by atoms with Crippen LogP contribution in [0.5, 0.6) is 5.75 Å². The number of amides is 1. The van der Waals surface area contributed by atoms with E-state index < -0.39 is 11.7 Å². The van der Waals surface area contributed by atoms with Crippen molar-refractivity contribution in [2.45, 2.75) is 0 Å². The number of phenols is 1. The summed E-state index contributed by atoms with van der Waals surface area (Å²) in [5.41, 5.74) is 10.9. The summed E-state index contributed by atoms with van der Waals surface area (Å²) in [5.74, 6) is -1.67. The smallest absolute Gasteiger partial charge is 0.254 e. The van der Waals surface area contributed by atoms with Crippen molar-refractivity contribution < 1.29 is 14.3 Å². The Morgan fingerprint density at radius 3 is 2.71 bits per heavy atom. The molecule has 1 aromatic carbocycles. The monoisotopic (exact) mass is 236 g/mol. The van der Waals surface area contributed by atoms with Crippen LogP contribution in [0.4, 0.5) is 10.2 Å². The van der Waals surface area contributed by atoms with E-state index in [0.717, 1.165) is 16.8 Å². The predicted octanol–water partition coefficient (Wildman–Crippen LogP) is 0.398. The molecule has 7 heteroatoms. The highest BCUT2D eigenvalue weighted by Crippen LogP contribution is 2.25. The molecule has 1 aromatic heterocycles. The molecule has 6 nitrogen and oxygen atoms in total. The van der Waals surface area contributed by atoms with Gasteiger partial charge in [0.25, 0.3) is 5.91 Å². The van der Waals surface area contributed by atoms with Crippen molar-refractivity contribution in [3.8, 4) is 11.4 Å². The average molecular weight is 236 g/mol. The van der Waals surface area contributed by atoms with Crippen molar-refractivity contribution >= 4 is 11.7 Å². The number of nitrogens with two attached hydrogens (primary N) is 2. The van der Waals surface area contributed by atoms with Gasteiger partial charge in [0.05, 0.1) is 6.20 Å². The van der Waals surface area contributed by atoms with E-state index in [0.29, 0.717) is 0 Å². The van der Waals surface area contributed by atoms with E-state index in [9.17, 15) is 14.3 Å². The third kappa shape index (κ3) is 1.78. The van der Waals surface area contributed by atoms with E-state index in [-0.39, 0.29) is 22.8 Å². The summed E-state index contributed by atoms with van der Waals surface area (Å²) in [6, 6.07) is 3.35. The van der Waals surface area contributed by atoms with Crippen LogP contribution >= 0.6 is 0 Å². The zero-order valence-corrected chi connectivity index (χ0v) is 8.59. The van der Waals surface area contributed by atoms with Crippen LogP contribution in [0.25, 0.3) is 5.69 Å². The van der Waals surface area contributed by atoms with E-state index >= 15 is 0 Å². The first kappa shape index (κ1) is 10.9. The van der Waals surface area contributed by atoms with Gasteiger partial charge >= 0.3 is 0 Å². The number of nitrogens with zero attached hydrogens (tertiary/aromatic N) is 2. The number of benzene rings is 1. The normalized spacial score (nSPS) is 10.4. The third-order valence-corrected chi connectivity index (χ3v) is 2.24. The number of hydrogen-bond donors (Lipinski definition) is 3. The minimum absolute atomic E-state index is 0.0144. The van der Waals surface area contributed by atoms with E-state index in [4.69, 9.17) is 11.5 Å². The van der Waals surface area contributed by atoms with Gasteiger partial charge in [-0.05, 0) is 12.1 Å². The van der Waals surface area contributed by atoms with Crippen molar-refractivity contribution in [2.24, 2.45) is 5.73 Å². The lowest BCUT2D eigenvalue weighted by Crippen LogP contribution is -2.13. The fraction of sp³-hybridized carbons (Fsp3) is 0. The lowest BCUT2D eigenvalue weighted by atomic mass is 10.2. The van der Waals surface area contributed by atoms with Gasteiger partial charge < -0.3 is 16.6 Å². The van der Waals surface area contributed by atoms with Gasteiger partial charge in [0.2, 0.25) is 0 Å². The van der Waals surface area contributed by atoms with Crippen molar-refractivity contribution in [3.05, 3.63) is 35.8 Å². The third-order valence-electron chi connectivity index (χ3n) is 2.24. The number of carbonyl (C=O) groups excluding carboxylic acids is 1. The molecule has 88 valence electrons. The molecule has 0 saturated carbocycles. The molecule has 0 aliphatic rings. The molecule has 0 saturated heterocycles. The number of carbonyl (C=O) groups is 1. The molecule has 1 heterocycles. The molecule has 0 unspecified atom stereocenters. The maximum atomic E-state index is 12.8. The van der Waals surface area contributed by atoms with Crippen molar-refractivity contribution in [3.63, 3.8) is 0 Å². The summed E-state index contributed by atoms with van der Waals surface area (Å²) in [6.45, 7) is 0. The van der Waals surface area contributed by atoms with Gasteiger partial charge in [0, 0.05) is 6.07 Å². The largest absolute Gasteiger partial charge is 0.506 e. The van der Waals surface area contributed by atoms with Gasteiger partial charge in [-0.15, -0.1) is 0 Å². The molecule has 0 aliphatic heterocycles. The SMILES string of the molecule is NC(=O)c1cnn(-c2ccc(F)cc2O)c1N. The van der Waals surface area contributed by atoms with Crippen molar-refractivity contribution in [1.29, 1.82) is 0 Å². The Bertz CT molecular complexity index is 594. The standard InChI is InChI=1S/C10H9FN4O2/c11-5-1-2-7(8(16)3-5)15-9(12)6(4-14-15)10(13)17/h1-4,16H,12H2,(H2,13,17). The summed E-state index contributed by atoms with van der Waals surface area (Å²) in [6.07, 6.45) is 1.18. The zero-order chi connectivity index (χ0) is 12.6. The van der Waals surface area contributed by atoms with Gasteiger partial charge in [0.15, 0.2) is 0 Å². The number of aromatic nitrogens is 2. The van der Waals surface area contributed by atoms with Crippen LogP contribution in [-0.2, 0) is 0 Å². The molecule has 0 radical (unpaired) electrons. The highest BCUT2D eigenvalue weighted by Gasteiger charge is 2.15. The number of phenolic OH excluding ortho intramolecular Hbond substituents is 1. The highest BCUT2D eigenvalue weighted by molar-refractivity contribution is 5.97. The summed E-state index contributed by atoms with van der Waals surface area (Å²) in [4.78, 5) is 11.0. The molecule has 0 atom stereocenters. The second-order valence-electron chi connectivity index (χ2n) is 3.35. The summed E-state index contributed by atoms with van der Waals surface area (Å²) < 4.78 is 13.9. The molecule has 2 aromatic rings. The molecule has 5 N–H and O–H groups in total. The van der Waals surface area contributed by atoms with Crippen LogP contribution in [-0.4, -0.2) is 20.8 Å². The van der Waals surface area contributed by atoms with Gasteiger partial charge in [0.1, 0.15) is 28.6 Å². The first-order valence-electron chi connectivity index (χ1n) is 4.63. The minimum atomic E-state index is -0.727. The number of hydrogen-bond acceptors (Lipinski definition) is 4. The summed E-state index contributed by atoms with van der Waals surface area (Å²) in [5, 5.41) is 13.4. The summed E-state index contributed by atoms with van der Waals surface area (Å²) >= 11 is 0. The second-order valence-corrected chi connectivity index (χ2v) is 3.35. The molecule has 1 amide bonds. The summed E-state index contributed by atoms with van der Waals surface area (Å²) in [7, 11) is 0. The van der Waals surface area contributed by atoms with Crippen molar-refractivity contribution in [1.82, 2.24) is 9.78 Å². The predicted molar refractivity (Wildman–Crippen MR) is 58.1 cm³/mol. The van der Waals surface area contributed by atoms with Gasteiger partial charge in [-0.3, -0.25) is 4.79 Å². The second kappa shape index (κ2) is 3.78. The molecule has 17 heavy (non-hydrogen) atoms. The van der Waals surface area contributed by atoms with Crippen LogP contribution in [0, 0.1) is 5.82 Å². The maximum absolute atomic E-state index is 12.8. The number of rotatable bonds is 2. The first-order valence-corrected chi connectivity index (χ1v) is 4.63. The molecule has 0 spiro atoms. The average Bonchev–Trinajstić information content (AvgIpc) is 2.60. The minimum Gasteiger partial charge on any atom is -0.506 e. The maximum Gasteiger partial charge on any atom is 0.254 e. The van der Waals surface area contributed by atoms with E-state index in [1.807, 2.05) is 0 Å². The topological polar surface area (TPSA) is 107 Å². The van der Waals surface area contributed by atoms with E-state index in [1.165, 1.54) is 12.3 Å².